The van der Waals surface area contributed by atoms with Gasteiger partial charge in [-0.2, -0.15) is 0 Å². The molecule has 0 aliphatic carbocycles. The number of carbonyl (C=O) groups excluding carboxylic acids is 1. The van der Waals surface area contributed by atoms with E-state index >= 15 is 0 Å². The summed E-state index contributed by atoms with van der Waals surface area (Å²) in [5, 5.41) is 3.26. The molecule has 5 nitrogen and oxygen atoms in total. The second-order valence-electron chi connectivity index (χ2n) is 2.61. The fourth-order valence-corrected chi connectivity index (χ4v) is 1.21. The fraction of sp³-hybridized carbons (Fsp3) is 0.857. The Kier molecular flexibility index (Phi) is 3.31. The first kappa shape index (κ1) is 9.28. The van der Waals surface area contributed by atoms with Gasteiger partial charge >= 0.3 is 6.03 Å². The monoisotopic (exact) mass is 172 g/mol. The van der Waals surface area contributed by atoms with Crippen LogP contribution in [-0.2, 0) is 0 Å². The third-order valence-corrected chi connectivity index (χ3v) is 1.71. The molecule has 1 fully saturated rings. The van der Waals surface area contributed by atoms with Gasteiger partial charge in [-0.25, -0.2) is 15.6 Å². The first-order chi connectivity index (χ1) is 5.79. The third kappa shape index (κ3) is 1.86. The summed E-state index contributed by atoms with van der Waals surface area (Å²) in [5.74, 6) is 0. The minimum absolute atomic E-state index is 0.0127. The molecule has 0 radical (unpaired) electrons. The molecule has 2 amide bonds. The van der Waals surface area contributed by atoms with E-state index in [4.69, 9.17) is 0 Å². The van der Waals surface area contributed by atoms with Gasteiger partial charge in [0.2, 0.25) is 0 Å². The maximum absolute atomic E-state index is 11.4. The molecule has 0 bridgehead atoms. The summed E-state index contributed by atoms with van der Waals surface area (Å²) in [5.41, 5.74) is 5.97. The van der Waals surface area contributed by atoms with E-state index in [-0.39, 0.29) is 6.03 Å². The zero-order valence-corrected chi connectivity index (χ0v) is 7.63. The van der Waals surface area contributed by atoms with E-state index in [1.54, 1.807) is 10.0 Å². The lowest BCUT2D eigenvalue weighted by Crippen LogP contribution is -2.45. The highest BCUT2D eigenvalue weighted by molar-refractivity contribution is 5.75. The van der Waals surface area contributed by atoms with Crippen molar-refractivity contribution in [2.75, 3.05) is 26.2 Å². The van der Waals surface area contributed by atoms with E-state index in [0.29, 0.717) is 0 Å². The SMILES string of the molecule is CCNN1CCN(NCC)C1=O. The van der Waals surface area contributed by atoms with Gasteiger partial charge in [0.05, 0.1) is 13.1 Å². The average Bonchev–Trinajstić information content (AvgIpc) is 2.38. The van der Waals surface area contributed by atoms with Crippen LogP contribution >= 0.6 is 0 Å². The molecule has 1 heterocycles. The van der Waals surface area contributed by atoms with Gasteiger partial charge in [0.1, 0.15) is 0 Å². The van der Waals surface area contributed by atoms with Crippen LogP contribution in [0.2, 0.25) is 0 Å². The van der Waals surface area contributed by atoms with E-state index in [9.17, 15) is 4.79 Å². The molecule has 0 spiro atoms. The second kappa shape index (κ2) is 4.27. The van der Waals surface area contributed by atoms with Crippen LogP contribution in [0.4, 0.5) is 4.79 Å². The summed E-state index contributed by atoms with van der Waals surface area (Å²) >= 11 is 0. The van der Waals surface area contributed by atoms with E-state index in [1.165, 1.54) is 0 Å². The molecule has 5 heteroatoms. The first-order valence-corrected chi connectivity index (χ1v) is 4.35. The van der Waals surface area contributed by atoms with E-state index in [1.807, 2.05) is 13.8 Å². The highest BCUT2D eigenvalue weighted by Crippen LogP contribution is 2.01. The summed E-state index contributed by atoms with van der Waals surface area (Å²) in [4.78, 5) is 11.4. The molecule has 1 saturated heterocycles. The Morgan fingerprint density at radius 2 is 1.58 bits per heavy atom. The zero-order valence-electron chi connectivity index (χ0n) is 7.63. The maximum Gasteiger partial charge on any atom is 0.348 e. The Balaban J connectivity index is 2.38. The fourth-order valence-electron chi connectivity index (χ4n) is 1.21. The van der Waals surface area contributed by atoms with Crippen LogP contribution in [0.1, 0.15) is 13.8 Å². The molecule has 1 aliphatic rings. The lowest BCUT2D eigenvalue weighted by Gasteiger charge is -2.18. The molecule has 1 rings (SSSR count). The van der Waals surface area contributed by atoms with Gasteiger partial charge in [0, 0.05) is 13.1 Å². The van der Waals surface area contributed by atoms with Crippen molar-refractivity contribution in [2.24, 2.45) is 0 Å². The summed E-state index contributed by atoms with van der Waals surface area (Å²) in [7, 11) is 0. The minimum atomic E-state index is 0.0127. The number of rotatable bonds is 4. The molecule has 0 atom stereocenters. The largest absolute Gasteiger partial charge is 0.348 e. The molecular formula is C7H16N4O. The van der Waals surface area contributed by atoms with Crippen molar-refractivity contribution < 1.29 is 4.79 Å². The summed E-state index contributed by atoms with van der Waals surface area (Å²) in [6.07, 6.45) is 0. The molecule has 0 aromatic rings. The quantitative estimate of drug-likeness (QED) is 0.616. The van der Waals surface area contributed by atoms with Crippen LogP contribution in [-0.4, -0.2) is 42.2 Å². The van der Waals surface area contributed by atoms with Crippen molar-refractivity contribution in [3.05, 3.63) is 0 Å². The second-order valence-corrected chi connectivity index (χ2v) is 2.61. The van der Waals surface area contributed by atoms with Crippen molar-refractivity contribution in [3.8, 4) is 0 Å². The van der Waals surface area contributed by atoms with Gasteiger partial charge in [0.15, 0.2) is 0 Å². The van der Waals surface area contributed by atoms with Crippen LogP contribution in [0.5, 0.6) is 0 Å². The predicted molar refractivity (Wildman–Crippen MR) is 46.2 cm³/mol. The predicted octanol–water partition coefficient (Wildman–Crippen LogP) is -0.227. The molecule has 70 valence electrons. The van der Waals surface area contributed by atoms with E-state index in [0.717, 1.165) is 26.2 Å². The molecule has 0 saturated carbocycles. The highest BCUT2D eigenvalue weighted by Gasteiger charge is 2.27. The topological polar surface area (TPSA) is 47.6 Å². The standard InChI is InChI=1S/C7H16N4O/c1-3-8-10-5-6-11(7(10)12)9-4-2/h8-9H,3-6H2,1-2H3. The number of carbonyl (C=O) groups is 1. The molecule has 12 heavy (non-hydrogen) atoms. The Bertz CT molecular complexity index is 145. The van der Waals surface area contributed by atoms with Crippen LogP contribution in [0.15, 0.2) is 0 Å². The Hall–Kier alpha value is -0.810. The molecule has 1 aliphatic heterocycles. The van der Waals surface area contributed by atoms with E-state index < -0.39 is 0 Å². The van der Waals surface area contributed by atoms with Crippen molar-refractivity contribution in [3.63, 3.8) is 0 Å². The van der Waals surface area contributed by atoms with Crippen LogP contribution in [0.25, 0.3) is 0 Å². The number of urea groups is 1. The summed E-state index contributed by atoms with van der Waals surface area (Å²) in [6.45, 7) is 7.02. The maximum atomic E-state index is 11.4. The number of hydrogen-bond donors (Lipinski definition) is 2. The highest BCUT2D eigenvalue weighted by atomic mass is 16.2. The normalized spacial score (nSPS) is 17.7. The average molecular weight is 172 g/mol. The molecule has 2 N–H and O–H groups in total. The Morgan fingerprint density at radius 1 is 1.17 bits per heavy atom. The molecule has 0 aromatic heterocycles. The van der Waals surface area contributed by atoms with Crippen LogP contribution < -0.4 is 10.9 Å². The summed E-state index contributed by atoms with van der Waals surface area (Å²) < 4.78 is 0. The number of hydrazine groups is 2. The first-order valence-electron chi connectivity index (χ1n) is 4.35. The van der Waals surface area contributed by atoms with Gasteiger partial charge in [-0.05, 0) is 0 Å². The van der Waals surface area contributed by atoms with Gasteiger partial charge in [-0.3, -0.25) is 10.0 Å². The molecule has 0 aromatic carbocycles. The smallest absolute Gasteiger partial charge is 0.257 e. The lowest BCUT2D eigenvalue weighted by atomic mass is 10.7. The zero-order chi connectivity index (χ0) is 8.97. The van der Waals surface area contributed by atoms with Gasteiger partial charge < -0.3 is 0 Å². The van der Waals surface area contributed by atoms with Crippen molar-refractivity contribution >= 4 is 6.03 Å². The molecule has 0 unspecified atom stereocenters. The van der Waals surface area contributed by atoms with Crippen LogP contribution in [0, 0.1) is 0 Å². The van der Waals surface area contributed by atoms with Crippen molar-refractivity contribution in [1.29, 1.82) is 0 Å². The Labute approximate surface area is 72.6 Å². The third-order valence-electron chi connectivity index (χ3n) is 1.71. The lowest BCUT2D eigenvalue weighted by molar-refractivity contribution is 0.162. The van der Waals surface area contributed by atoms with Crippen molar-refractivity contribution in [2.45, 2.75) is 13.8 Å². The van der Waals surface area contributed by atoms with Crippen molar-refractivity contribution in [1.82, 2.24) is 20.9 Å². The van der Waals surface area contributed by atoms with Gasteiger partial charge in [0.25, 0.3) is 0 Å². The summed E-state index contributed by atoms with van der Waals surface area (Å²) in [6, 6.07) is 0.0127. The molecular weight excluding hydrogens is 156 g/mol. The van der Waals surface area contributed by atoms with Gasteiger partial charge in [-0.1, -0.05) is 13.8 Å². The van der Waals surface area contributed by atoms with Gasteiger partial charge in [-0.15, -0.1) is 0 Å². The van der Waals surface area contributed by atoms with E-state index in [2.05, 4.69) is 10.9 Å². The number of nitrogens with one attached hydrogen (secondary N) is 2. The minimum Gasteiger partial charge on any atom is -0.257 e. The number of amides is 2. The number of nitrogens with zero attached hydrogens (tertiary/aromatic N) is 2. The Morgan fingerprint density at radius 3 is 1.92 bits per heavy atom. The number of hydrogen-bond acceptors (Lipinski definition) is 3. The van der Waals surface area contributed by atoms with Crippen LogP contribution in [0.3, 0.4) is 0 Å².